The maximum Gasteiger partial charge on any atom is 0.133 e. The Kier molecular flexibility index (Phi) is 4.39. The molecule has 0 atom stereocenters. The van der Waals surface area contributed by atoms with Crippen molar-refractivity contribution in [2.24, 2.45) is 5.41 Å². The lowest BCUT2D eigenvalue weighted by molar-refractivity contribution is 0.237. The molecule has 19 heavy (non-hydrogen) atoms. The monoisotopic (exact) mass is 280 g/mol. The molecule has 2 nitrogen and oxygen atoms in total. The van der Waals surface area contributed by atoms with Crippen LogP contribution in [0.3, 0.4) is 0 Å². The molecule has 1 aliphatic rings. The maximum absolute atomic E-state index is 6.13. The van der Waals surface area contributed by atoms with Gasteiger partial charge in [-0.3, -0.25) is 0 Å². The summed E-state index contributed by atoms with van der Waals surface area (Å²) in [5.41, 5.74) is 4.06. The van der Waals surface area contributed by atoms with Gasteiger partial charge in [0.25, 0.3) is 0 Å². The first-order valence-corrected chi connectivity index (χ1v) is 7.80. The van der Waals surface area contributed by atoms with E-state index >= 15 is 0 Å². The Morgan fingerprint density at radius 3 is 2.47 bits per heavy atom. The molecule has 1 fully saturated rings. The molecule has 0 N–H and O–H groups in total. The summed E-state index contributed by atoms with van der Waals surface area (Å²) in [5, 5.41) is 0. The average Bonchev–Trinajstić information content (AvgIpc) is 2.39. The van der Waals surface area contributed by atoms with Crippen LogP contribution < -0.4 is 4.90 Å². The van der Waals surface area contributed by atoms with Gasteiger partial charge in [-0.2, -0.15) is 0 Å². The van der Waals surface area contributed by atoms with Crippen molar-refractivity contribution in [3.63, 3.8) is 0 Å². The van der Waals surface area contributed by atoms with Crippen molar-refractivity contribution in [3.8, 4) is 0 Å². The summed E-state index contributed by atoms with van der Waals surface area (Å²) in [6.45, 7) is 11.1. The van der Waals surface area contributed by atoms with E-state index in [1.807, 2.05) is 0 Å². The number of pyridine rings is 1. The van der Waals surface area contributed by atoms with Crippen molar-refractivity contribution < 1.29 is 0 Å². The Balaban J connectivity index is 2.24. The minimum atomic E-state index is 0.510. The molecule has 106 valence electrons. The van der Waals surface area contributed by atoms with Crippen LogP contribution in [0.15, 0.2) is 6.07 Å². The van der Waals surface area contributed by atoms with Crippen LogP contribution in [0, 0.1) is 19.3 Å². The van der Waals surface area contributed by atoms with E-state index in [0.717, 1.165) is 24.6 Å². The van der Waals surface area contributed by atoms with Crippen LogP contribution in [-0.4, -0.2) is 18.1 Å². The maximum atomic E-state index is 6.13. The molecule has 0 aromatic carbocycles. The molecule has 1 saturated heterocycles. The minimum absolute atomic E-state index is 0.510. The van der Waals surface area contributed by atoms with Crippen molar-refractivity contribution in [1.29, 1.82) is 0 Å². The van der Waals surface area contributed by atoms with Gasteiger partial charge in [-0.05, 0) is 43.7 Å². The predicted molar refractivity (Wildman–Crippen MR) is 83.1 cm³/mol. The van der Waals surface area contributed by atoms with Crippen molar-refractivity contribution in [2.75, 3.05) is 18.0 Å². The quantitative estimate of drug-likeness (QED) is 0.760. The highest BCUT2D eigenvalue weighted by Gasteiger charge is 2.29. The number of aryl methyl sites for hydroxylation is 2. The molecule has 0 unspecified atom stereocenters. The van der Waals surface area contributed by atoms with Gasteiger partial charge < -0.3 is 4.90 Å². The van der Waals surface area contributed by atoms with Crippen LogP contribution in [0.5, 0.6) is 0 Å². The Morgan fingerprint density at radius 2 is 1.95 bits per heavy atom. The Morgan fingerprint density at radius 1 is 1.32 bits per heavy atom. The molecule has 0 aliphatic carbocycles. The Bertz CT molecular complexity index is 448. The second-order valence-corrected chi connectivity index (χ2v) is 6.43. The zero-order valence-electron chi connectivity index (χ0n) is 12.6. The normalized spacial score (nSPS) is 18.7. The molecule has 1 aromatic heterocycles. The third-order valence-corrected chi connectivity index (χ3v) is 4.98. The average molecular weight is 281 g/mol. The van der Waals surface area contributed by atoms with Gasteiger partial charge >= 0.3 is 0 Å². The minimum Gasteiger partial charge on any atom is -0.356 e. The number of hydrogen-bond donors (Lipinski definition) is 0. The van der Waals surface area contributed by atoms with Gasteiger partial charge in [0, 0.05) is 24.3 Å². The van der Waals surface area contributed by atoms with Gasteiger partial charge in [0.15, 0.2) is 0 Å². The highest BCUT2D eigenvalue weighted by Crippen LogP contribution is 2.36. The SMILES string of the molecule is CCC1(C)CCN(c2nc(C)cc(C)c2CCl)CC1. The molecule has 2 rings (SSSR count). The fourth-order valence-electron chi connectivity index (χ4n) is 2.88. The van der Waals surface area contributed by atoms with Gasteiger partial charge in [-0.15, -0.1) is 11.6 Å². The lowest BCUT2D eigenvalue weighted by atomic mass is 9.78. The molecule has 0 saturated carbocycles. The second-order valence-electron chi connectivity index (χ2n) is 6.17. The summed E-state index contributed by atoms with van der Waals surface area (Å²) in [5.74, 6) is 1.67. The van der Waals surface area contributed by atoms with E-state index in [1.54, 1.807) is 0 Å². The van der Waals surface area contributed by atoms with E-state index in [1.165, 1.54) is 30.4 Å². The molecule has 1 aromatic rings. The lowest BCUT2D eigenvalue weighted by Gasteiger charge is -2.40. The number of halogens is 1. The summed E-state index contributed by atoms with van der Waals surface area (Å²) >= 11 is 6.13. The standard InChI is InChI=1S/C16H25ClN2/c1-5-16(4)6-8-19(9-7-16)15-14(11-17)12(2)10-13(3)18-15/h10H,5-9,11H2,1-4H3. The third kappa shape index (κ3) is 3.05. The summed E-state index contributed by atoms with van der Waals surface area (Å²) in [6.07, 6.45) is 3.77. The third-order valence-electron chi connectivity index (χ3n) is 4.71. The summed E-state index contributed by atoms with van der Waals surface area (Å²) in [7, 11) is 0. The van der Waals surface area contributed by atoms with Crippen molar-refractivity contribution >= 4 is 17.4 Å². The molecule has 2 heterocycles. The highest BCUT2D eigenvalue weighted by atomic mass is 35.5. The molecule has 0 spiro atoms. The van der Waals surface area contributed by atoms with Crippen molar-refractivity contribution in [1.82, 2.24) is 4.98 Å². The van der Waals surface area contributed by atoms with Crippen LogP contribution in [0.1, 0.15) is 49.9 Å². The smallest absolute Gasteiger partial charge is 0.133 e. The van der Waals surface area contributed by atoms with E-state index in [4.69, 9.17) is 16.6 Å². The van der Waals surface area contributed by atoms with Gasteiger partial charge in [0.2, 0.25) is 0 Å². The largest absolute Gasteiger partial charge is 0.356 e. The number of hydrogen-bond acceptors (Lipinski definition) is 2. The van der Waals surface area contributed by atoms with Crippen molar-refractivity contribution in [3.05, 3.63) is 22.9 Å². The van der Waals surface area contributed by atoms with Crippen LogP contribution in [-0.2, 0) is 5.88 Å². The Hall–Kier alpha value is -0.760. The first kappa shape index (κ1) is 14.6. The highest BCUT2D eigenvalue weighted by molar-refractivity contribution is 6.17. The predicted octanol–water partition coefficient (Wildman–Crippen LogP) is 4.45. The molecule has 1 aliphatic heterocycles. The molecule has 0 amide bonds. The van der Waals surface area contributed by atoms with Crippen LogP contribution in [0.25, 0.3) is 0 Å². The fourth-order valence-corrected chi connectivity index (χ4v) is 3.21. The zero-order valence-corrected chi connectivity index (χ0v) is 13.3. The van der Waals surface area contributed by atoms with Gasteiger partial charge in [-0.25, -0.2) is 4.98 Å². The molecule has 0 bridgehead atoms. The lowest BCUT2D eigenvalue weighted by Crippen LogP contribution is -2.39. The molecule has 3 heteroatoms. The van der Waals surface area contributed by atoms with Crippen LogP contribution in [0.4, 0.5) is 5.82 Å². The first-order valence-electron chi connectivity index (χ1n) is 7.27. The second kappa shape index (κ2) is 5.70. The van der Waals surface area contributed by atoms with E-state index < -0.39 is 0 Å². The Labute approximate surface area is 122 Å². The van der Waals surface area contributed by atoms with E-state index in [-0.39, 0.29) is 0 Å². The summed E-state index contributed by atoms with van der Waals surface area (Å²) in [4.78, 5) is 7.17. The van der Waals surface area contributed by atoms with Gasteiger partial charge in [0.1, 0.15) is 5.82 Å². The summed E-state index contributed by atoms with van der Waals surface area (Å²) in [6, 6.07) is 2.13. The number of alkyl halides is 1. The number of aromatic nitrogens is 1. The molecular formula is C16H25ClN2. The fraction of sp³-hybridized carbons (Fsp3) is 0.688. The number of rotatable bonds is 3. The molecular weight excluding hydrogens is 256 g/mol. The van der Waals surface area contributed by atoms with E-state index in [0.29, 0.717) is 11.3 Å². The van der Waals surface area contributed by atoms with E-state index in [9.17, 15) is 0 Å². The van der Waals surface area contributed by atoms with Gasteiger partial charge in [-0.1, -0.05) is 20.3 Å². The van der Waals surface area contributed by atoms with Crippen molar-refractivity contribution in [2.45, 2.75) is 52.8 Å². The number of nitrogens with zero attached hydrogens (tertiary/aromatic N) is 2. The zero-order chi connectivity index (χ0) is 14.0. The topological polar surface area (TPSA) is 16.1 Å². The molecule has 0 radical (unpaired) electrons. The number of anilines is 1. The first-order chi connectivity index (χ1) is 8.99. The number of piperidine rings is 1. The van der Waals surface area contributed by atoms with E-state index in [2.05, 4.69) is 38.7 Å². The van der Waals surface area contributed by atoms with Crippen LogP contribution >= 0.6 is 11.6 Å². The summed E-state index contributed by atoms with van der Waals surface area (Å²) < 4.78 is 0. The van der Waals surface area contributed by atoms with Gasteiger partial charge in [0.05, 0.1) is 5.88 Å². The van der Waals surface area contributed by atoms with Crippen LogP contribution in [0.2, 0.25) is 0 Å².